The Balaban J connectivity index is 2.15. The van der Waals surface area contributed by atoms with Crippen molar-refractivity contribution in [3.05, 3.63) is 48.0 Å². The summed E-state index contributed by atoms with van der Waals surface area (Å²) in [5, 5.41) is 2.41. The van der Waals surface area contributed by atoms with Gasteiger partial charge in [-0.3, -0.25) is 4.79 Å². The van der Waals surface area contributed by atoms with Crippen molar-refractivity contribution in [1.29, 1.82) is 0 Å². The average Bonchev–Trinajstić information content (AvgIpc) is 2.45. The van der Waals surface area contributed by atoms with Gasteiger partial charge in [0, 0.05) is 13.6 Å². The Hall–Kier alpha value is -1.87. The SMILES string of the molecule is CCC(N)C(=O)N(C)Cc1ccc2ccccc2c1. The minimum absolute atomic E-state index is 0.00402. The number of amides is 1. The average molecular weight is 256 g/mol. The molecule has 19 heavy (non-hydrogen) atoms. The number of rotatable bonds is 4. The standard InChI is InChI=1S/C16H20N2O/c1-3-15(17)16(19)18(2)11-12-8-9-13-6-4-5-7-14(13)10-12/h4-10,15H,3,11,17H2,1-2H3. The highest BCUT2D eigenvalue weighted by atomic mass is 16.2. The molecular weight excluding hydrogens is 236 g/mol. The number of benzene rings is 2. The van der Waals surface area contributed by atoms with Gasteiger partial charge in [-0.2, -0.15) is 0 Å². The van der Waals surface area contributed by atoms with Gasteiger partial charge in [-0.1, -0.05) is 43.3 Å². The zero-order chi connectivity index (χ0) is 13.8. The molecule has 2 aromatic rings. The lowest BCUT2D eigenvalue weighted by atomic mass is 10.1. The van der Waals surface area contributed by atoms with Gasteiger partial charge in [-0.05, 0) is 28.8 Å². The summed E-state index contributed by atoms with van der Waals surface area (Å²) in [5.41, 5.74) is 6.89. The summed E-state index contributed by atoms with van der Waals surface area (Å²) in [6, 6.07) is 14.1. The number of carbonyl (C=O) groups is 1. The first-order valence-corrected chi connectivity index (χ1v) is 6.60. The Labute approximate surface area is 114 Å². The number of carbonyl (C=O) groups excluding carboxylic acids is 1. The second-order valence-electron chi connectivity index (χ2n) is 4.89. The highest BCUT2D eigenvalue weighted by molar-refractivity contribution is 5.84. The van der Waals surface area contributed by atoms with Crippen molar-refractivity contribution in [3.8, 4) is 0 Å². The van der Waals surface area contributed by atoms with E-state index in [-0.39, 0.29) is 5.91 Å². The number of hydrogen-bond acceptors (Lipinski definition) is 2. The highest BCUT2D eigenvalue weighted by Gasteiger charge is 2.16. The summed E-state index contributed by atoms with van der Waals surface area (Å²) in [6.07, 6.45) is 0.668. The maximum atomic E-state index is 11.9. The van der Waals surface area contributed by atoms with E-state index in [1.54, 1.807) is 11.9 Å². The van der Waals surface area contributed by atoms with Crippen molar-refractivity contribution < 1.29 is 4.79 Å². The van der Waals surface area contributed by atoms with E-state index in [0.717, 1.165) is 5.56 Å². The zero-order valence-electron chi connectivity index (χ0n) is 11.5. The molecule has 2 aromatic carbocycles. The summed E-state index contributed by atoms with van der Waals surface area (Å²) in [4.78, 5) is 13.6. The second kappa shape index (κ2) is 5.85. The van der Waals surface area contributed by atoms with Gasteiger partial charge in [0.1, 0.15) is 0 Å². The summed E-state index contributed by atoms with van der Waals surface area (Å²) in [6.45, 7) is 2.52. The second-order valence-corrected chi connectivity index (χ2v) is 4.89. The molecule has 1 atom stereocenters. The molecule has 0 aliphatic heterocycles. The van der Waals surface area contributed by atoms with Crippen LogP contribution in [0.2, 0.25) is 0 Å². The Morgan fingerprint density at radius 2 is 1.89 bits per heavy atom. The fourth-order valence-electron chi connectivity index (χ4n) is 2.15. The van der Waals surface area contributed by atoms with E-state index in [1.165, 1.54) is 10.8 Å². The molecule has 3 heteroatoms. The summed E-state index contributed by atoms with van der Waals surface area (Å²) in [5.74, 6) is -0.00402. The molecule has 0 aliphatic carbocycles. The van der Waals surface area contributed by atoms with Gasteiger partial charge in [0.2, 0.25) is 5.91 Å². The van der Waals surface area contributed by atoms with E-state index in [2.05, 4.69) is 30.3 Å². The van der Waals surface area contributed by atoms with Gasteiger partial charge in [0.05, 0.1) is 6.04 Å². The predicted molar refractivity (Wildman–Crippen MR) is 78.7 cm³/mol. The van der Waals surface area contributed by atoms with Crippen LogP contribution in [0.4, 0.5) is 0 Å². The molecule has 0 aromatic heterocycles. The van der Waals surface area contributed by atoms with Crippen molar-refractivity contribution in [2.45, 2.75) is 25.9 Å². The molecule has 1 unspecified atom stereocenters. The molecule has 3 nitrogen and oxygen atoms in total. The Morgan fingerprint density at radius 3 is 2.58 bits per heavy atom. The molecule has 1 amide bonds. The molecule has 0 saturated carbocycles. The van der Waals surface area contributed by atoms with Crippen LogP contribution in [0.25, 0.3) is 10.8 Å². The van der Waals surface area contributed by atoms with Gasteiger partial charge >= 0.3 is 0 Å². The summed E-state index contributed by atoms with van der Waals surface area (Å²) >= 11 is 0. The number of hydrogen-bond donors (Lipinski definition) is 1. The minimum Gasteiger partial charge on any atom is -0.340 e. The normalized spacial score (nSPS) is 12.4. The molecule has 0 fully saturated rings. The lowest BCUT2D eigenvalue weighted by Crippen LogP contribution is -2.40. The fourth-order valence-corrected chi connectivity index (χ4v) is 2.15. The van der Waals surface area contributed by atoms with Gasteiger partial charge in [-0.25, -0.2) is 0 Å². The lowest BCUT2D eigenvalue weighted by Gasteiger charge is -2.20. The first kappa shape index (κ1) is 13.6. The van der Waals surface area contributed by atoms with Gasteiger partial charge in [-0.15, -0.1) is 0 Å². The predicted octanol–water partition coefficient (Wildman–Crippen LogP) is 2.54. The Bertz CT molecular complexity index is 580. The van der Waals surface area contributed by atoms with Crippen LogP contribution < -0.4 is 5.73 Å². The largest absolute Gasteiger partial charge is 0.340 e. The molecule has 0 spiro atoms. The molecule has 0 saturated heterocycles. The van der Waals surface area contributed by atoms with Crippen LogP contribution in [-0.2, 0) is 11.3 Å². The van der Waals surface area contributed by atoms with Crippen LogP contribution in [0.15, 0.2) is 42.5 Å². The third-order valence-corrected chi connectivity index (χ3v) is 3.37. The van der Waals surface area contributed by atoms with E-state index in [4.69, 9.17) is 5.73 Å². The van der Waals surface area contributed by atoms with Gasteiger partial charge in [0.15, 0.2) is 0 Å². The van der Waals surface area contributed by atoms with Crippen LogP contribution in [0.1, 0.15) is 18.9 Å². The maximum Gasteiger partial charge on any atom is 0.239 e. The van der Waals surface area contributed by atoms with Gasteiger partial charge < -0.3 is 10.6 Å². The number of nitrogens with two attached hydrogens (primary N) is 1. The van der Waals surface area contributed by atoms with Crippen molar-refractivity contribution in [2.24, 2.45) is 5.73 Å². The van der Waals surface area contributed by atoms with Crippen molar-refractivity contribution in [3.63, 3.8) is 0 Å². The molecule has 2 N–H and O–H groups in total. The van der Waals surface area contributed by atoms with E-state index >= 15 is 0 Å². The molecular formula is C16H20N2O. The van der Waals surface area contributed by atoms with Crippen molar-refractivity contribution in [1.82, 2.24) is 4.90 Å². The van der Waals surface area contributed by atoms with E-state index in [9.17, 15) is 4.79 Å². The Kier molecular flexibility index (Phi) is 4.17. The minimum atomic E-state index is -0.398. The molecule has 2 rings (SSSR count). The number of fused-ring (bicyclic) bond motifs is 1. The number of nitrogens with zero attached hydrogens (tertiary/aromatic N) is 1. The molecule has 100 valence electrons. The first-order chi connectivity index (χ1) is 9.11. The lowest BCUT2D eigenvalue weighted by molar-refractivity contribution is -0.131. The van der Waals surface area contributed by atoms with E-state index in [1.807, 2.05) is 19.1 Å². The van der Waals surface area contributed by atoms with Crippen LogP contribution in [0.3, 0.4) is 0 Å². The van der Waals surface area contributed by atoms with Gasteiger partial charge in [0.25, 0.3) is 0 Å². The van der Waals surface area contributed by atoms with E-state index < -0.39 is 6.04 Å². The van der Waals surface area contributed by atoms with Crippen LogP contribution in [-0.4, -0.2) is 23.9 Å². The molecule has 0 heterocycles. The third-order valence-electron chi connectivity index (χ3n) is 3.37. The fraction of sp³-hybridized carbons (Fsp3) is 0.312. The molecule has 0 aliphatic rings. The van der Waals surface area contributed by atoms with Crippen molar-refractivity contribution >= 4 is 16.7 Å². The monoisotopic (exact) mass is 256 g/mol. The Morgan fingerprint density at radius 1 is 1.21 bits per heavy atom. The molecule has 0 bridgehead atoms. The van der Waals surface area contributed by atoms with Crippen molar-refractivity contribution in [2.75, 3.05) is 7.05 Å². The summed E-state index contributed by atoms with van der Waals surface area (Å²) in [7, 11) is 1.80. The first-order valence-electron chi connectivity index (χ1n) is 6.60. The maximum absolute atomic E-state index is 11.9. The van der Waals surface area contributed by atoms with Crippen LogP contribution in [0.5, 0.6) is 0 Å². The third kappa shape index (κ3) is 3.12. The smallest absolute Gasteiger partial charge is 0.239 e. The quantitative estimate of drug-likeness (QED) is 0.913. The van der Waals surface area contributed by atoms with Crippen LogP contribution >= 0.6 is 0 Å². The van der Waals surface area contributed by atoms with E-state index in [0.29, 0.717) is 13.0 Å². The zero-order valence-corrected chi connectivity index (χ0v) is 11.5. The topological polar surface area (TPSA) is 46.3 Å². The highest BCUT2D eigenvalue weighted by Crippen LogP contribution is 2.16. The van der Waals surface area contributed by atoms with Crippen LogP contribution in [0, 0.1) is 0 Å². The molecule has 0 radical (unpaired) electrons. The summed E-state index contributed by atoms with van der Waals surface area (Å²) < 4.78 is 0. The number of likely N-dealkylation sites (N-methyl/N-ethyl adjacent to an activating group) is 1.